The smallest absolute Gasteiger partial charge is 0.241 e. The second kappa shape index (κ2) is 7.53. The van der Waals surface area contributed by atoms with Crippen LogP contribution in [0.3, 0.4) is 0 Å². The molecule has 1 aliphatic heterocycles. The van der Waals surface area contributed by atoms with Crippen LogP contribution in [0, 0.1) is 12.3 Å². The van der Waals surface area contributed by atoms with Gasteiger partial charge in [-0.1, -0.05) is 51.1 Å². The minimum atomic E-state index is -0.481. The van der Waals surface area contributed by atoms with Gasteiger partial charge in [-0.3, -0.25) is 9.59 Å². The lowest BCUT2D eigenvalue weighted by Crippen LogP contribution is -2.44. The van der Waals surface area contributed by atoms with E-state index in [4.69, 9.17) is 0 Å². The van der Waals surface area contributed by atoms with Crippen molar-refractivity contribution in [1.29, 1.82) is 0 Å². The van der Waals surface area contributed by atoms with E-state index < -0.39 is 5.41 Å². The van der Waals surface area contributed by atoms with E-state index >= 15 is 0 Å². The fourth-order valence-electron chi connectivity index (χ4n) is 3.01. The van der Waals surface area contributed by atoms with Crippen LogP contribution in [-0.4, -0.2) is 17.9 Å². The molecule has 1 aliphatic rings. The molecule has 5 heteroatoms. The van der Waals surface area contributed by atoms with Crippen molar-refractivity contribution < 1.29 is 9.59 Å². The number of anilines is 2. The first-order valence-corrected chi connectivity index (χ1v) is 9.27. The highest BCUT2D eigenvalue weighted by Crippen LogP contribution is 2.24. The Morgan fingerprint density at radius 1 is 1.04 bits per heavy atom. The van der Waals surface area contributed by atoms with Gasteiger partial charge in [0.05, 0.1) is 6.04 Å². The van der Waals surface area contributed by atoms with Crippen molar-refractivity contribution >= 4 is 23.2 Å². The summed E-state index contributed by atoms with van der Waals surface area (Å²) in [6.07, 6.45) is 0.668. The van der Waals surface area contributed by atoms with Gasteiger partial charge in [0.15, 0.2) is 0 Å². The largest absolute Gasteiger partial charge is 0.325 e. The number of rotatable bonds is 3. The molecule has 0 aliphatic carbocycles. The lowest BCUT2D eigenvalue weighted by atomic mass is 9.95. The summed E-state index contributed by atoms with van der Waals surface area (Å²) in [6.45, 7) is 8.24. The highest BCUT2D eigenvalue weighted by molar-refractivity contribution is 5.98. The first-order chi connectivity index (χ1) is 12.7. The van der Waals surface area contributed by atoms with Crippen LogP contribution < -0.4 is 16.0 Å². The Bertz CT molecular complexity index is 868. The lowest BCUT2D eigenvalue weighted by Gasteiger charge is -2.25. The van der Waals surface area contributed by atoms with E-state index in [-0.39, 0.29) is 17.9 Å². The summed E-state index contributed by atoms with van der Waals surface area (Å²) in [5, 5.41) is 9.21. The molecule has 0 spiro atoms. The molecular formula is C22H27N3O2. The van der Waals surface area contributed by atoms with Gasteiger partial charge in [-0.25, -0.2) is 0 Å². The summed E-state index contributed by atoms with van der Waals surface area (Å²) in [6, 6.07) is 13.5. The number of benzene rings is 2. The van der Waals surface area contributed by atoms with Crippen LogP contribution in [0.25, 0.3) is 0 Å². The Balaban J connectivity index is 1.70. The minimum Gasteiger partial charge on any atom is -0.325 e. The van der Waals surface area contributed by atoms with Crippen LogP contribution in [0.15, 0.2) is 42.5 Å². The van der Waals surface area contributed by atoms with E-state index in [1.54, 1.807) is 0 Å². The van der Waals surface area contributed by atoms with E-state index in [1.165, 1.54) is 11.1 Å². The molecule has 5 nitrogen and oxygen atoms in total. The molecule has 142 valence electrons. The number of carbonyl (C=O) groups excluding carboxylic acids is 2. The Kier molecular flexibility index (Phi) is 5.33. The maximum atomic E-state index is 12.7. The molecule has 0 radical (unpaired) electrons. The van der Waals surface area contributed by atoms with Crippen LogP contribution in [-0.2, 0) is 22.6 Å². The second-order valence-electron chi connectivity index (χ2n) is 8.13. The predicted octanol–water partition coefficient (Wildman–Crippen LogP) is 3.63. The Hall–Kier alpha value is -2.66. The summed E-state index contributed by atoms with van der Waals surface area (Å²) in [4.78, 5) is 25.0. The van der Waals surface area contributed by atoms with Gasteiger partial charge < -0.3 is 16.0 Å². The number of hydrogen-bond acceptors (Lipinski definition) is 3. The topological polar surface area (TPSA) is 70.2 Å². The van der Waals surface area contributed by atoms with Crippen molar-refractivity contribution in [3.63, 3.8) is 0 Å². The average Bonchev–Trinajstić information content (AvgIpc) is 2.63. The molecule has 2 amide bonds. The molecule has 0 fully saturated rings. The summed E-state index contributed by atoms with van der Waals surface area (Å²) in [7, 11) is 0. The lowest BCUT2D eigenvalue weighted by molar-refractivity contribution is -0.123. The van der Waals surface area contributed by atoms with Crippen LogP contribution in [0.1, 0.15) is 37.5 Å². The van der Waals surface area contributed by atoms with Crippen molar-refractivity contribution in [2.24, 2.45) is 5.41 Å². The molecule has 1 unspecified atom stereocenters. The van der Waals surface area contributed by atoms with Gasteiger partial charge in [-0.15, -0.1) is 0 Å². The first kappa shape index (κ1) is 19.1. The van der Waals surface area contributed by atoms with Crippen LogP contribution in [0.4, 0.5) is 11.4 Å². The van der Waals surface area contributed by atoms with Gasteiger partial charge in [-0.2, -0.15) is 0 Å². The highest BCUT2D eigenvalue weighted by Gasteiger charge is 2.25. The zero-order valence-electron chi connectivity index (χ0n) is 16.3. The number of fused-ring (bicyclic) bond motifs is 1. The van der Waals surface area contributed by atoms with Gasteiger partial charge in [0.1, 0.15) is 0 Å². The number of amides is 2. The molecule has 0 saturated carbocycles. The van der Waals surface area contributed by atoms with Crippen LogP contribution >= 0.6 is 0 Å². The third kappa shape index (κ3) is 4.55. The molecule has 2 aromatic rings. The summed E-state index contributed by atoms with van der Waals surface area (Å²) in [5.74, 6) is -0.124. The van der Waals surface area contributed by atoms with Crippen molar-refractivity contribution in [3.05, 3.63) is 59.2 Å². The number of hydrogen-bond donors (Lipinski definition) is 3. The predicted molar refractivity (Wildman–Crippen MR) is 109 cm³/mol. The number of carbonyl (C=O) groups is 2. The zero-order valence-corrected chi connectivity index (χ0v) is 16.3. The Morgan fingerprint density at radius 3 is 2.44 bits per heavy atom. The quantitative estimate of drug-likeness (QED) is 0.778. The number of aryl methyl sites for hydroxylation is 1. The summed E-state index contributed by atoms with van der Waals surface area (Å²) < 4.78 is 0. The van der Waals surface area contributed by atoms with Crippen molar-refractivity contribution in [3.8, 4) is 0 Å². The van der Waals surface area contributed by atoms with Gasteiger partial charge in [-0.05, 0) is 42.2 Å². The molecular weight excluding hydrogens is 338 g/mol. The monoisotopic (exact) mass is 365 g/mol. The minimum absolute atomic E-state index is 0.0559. The van der Waals surface area contributed by atoms with E-state index in [0.717, 1.165) is 11.3 Å². The Morgan fingerprint density at radius 2 is 1.74 bits per heavy atom. The second-order valence-corrected chi connectivity index (χ2v) is 8.13. The van der Waals surface area contributed by atoms with Crippen molar-refractivity contribution in [2.45, 2.75) is 46.7 Å². The number of nitrogens with one attached hydrogen (secondary N) is 3. The fraction of sp³-hybridized carbons (Fsp3) is 0.364. The Labute approximate surface area is 160 Å². The van der Waals surface area contributed by atoms with E-state index in [9.17, 15) is 9.59 Å². The van der Waals surface area contributed by atoms with Gasteiger partial charge in [0.2, 0.25) is 11.8 Å². The molecule has 27 heavy (non-hydrogen) atoms. The molecule has 1 atom stereocenters. The maximum absolute atomic E-state index is 12.7. The molecule has 0 aromatic heterocycles. The highest BCUT2D eigenvalue weighted by atomic mass is 16.2. The summed E-state index contributed by atoms with van der Waals surface area (Å²) in [5.41, 5.74) is 4.31. The van der Waals surface area contributed by atoms with Crippen molar-refractivity contribution in [2.75, 3.05) is 10.6 Å². The molecule has 0 bridgehead atoms. The van der Waals surface area contributed by atoms with E-state index in [2.05, 4.69) is 28.1 Å². The average molecular weight is 365 g/mol. The molecule has 0 saturated heterocycles. The SMILES string of the molecule is Cc1ccc(NC(=O)C2Cc3ccccc3CN2)cc1NC(=O)C(C)(C)C. The standard InChI is InChI=1S/C22H27N3O2/c1-14-9-10-17(12-18(14)25-21(27)22(2,3)4)24-20(26)19-11-15-7-5-6-8-16(15)13-23-19/h5-10,12,19,23H,11,13H2,1-4H3,(H,24,26)(H,25,27). The zero-order chi connectivity index (χ0) is 19.6. The third-order valence-corrected chi connectivity index (χ3v) is 4.83. The maximum Gasteiger partial charge on any atom is 0.241 e. The summed E-state index contributed by atoms with van der Waals surface area (Å²) >= 11 is 0. The third-order valence-electron chi connectivity index (χ3n) is 4.83. The van der Waals surface area contributed by atoms with Crippen LogP contribution in [0.5, 0.6) is 0 Å². The van der Waals surface area contributed by atoms with Gasteiger partial charge >= 0.3 is 0 Å². The molecule has 1 heterocycles. The van der Waals surface area contributed by atoms with Gasteiger partial charge in [0.25, 0.3) is 0 Å². The van der Waals surface area contributed by atoms with E-state index in [1.807, 2.05) is 58.0 Å². The molecule has 3 rings (SSSR count). The van der Waals surface area contributed by atoms with E-state index in [0.29, 0.717) is 18.7 Å². The normalized spacial score (nSPS) is 16.4. The molecule has 3 N–H and O–H groups in total. The first-order valence-electron chi connectivity index (χ1n) is 9.27. The fourth-order valence-corrected chi connectivity index (χ4v) is 3.01. The van der Waals surface area contributed by atoms with Crippen molar-refractivity contribution in [1.82, 2.24) is 5.32 Å². The molecule has 2 aromatic carbocycles. The van der Waals surface area contributed by atoms with Gasteiger partial charge in [0, 0.05) is 23.3 Å². The van der Waals surface area contributed by atoms with Crippen LogP contribution in [0.2, 0.25) is 0 Å².